The van der Waals surface area contributed by atoms with Gasteiger partial charge in [0, 0.05) is 31.4 Å². The number of anilines is 1. The van der Waals surface area contributed by atoms with E-state index in [1.165, 1.54) is 5.69 Å². The Kier molecular flexibility index (Phi) is 5.39. The Balaban J connectivity index is 1.39. The fraction of sp³-hybridized carbons (Fsp3) is 0.611. The minimum absolute atomic E-state index is 0.0787. The molecule has 2 fully saturated rings. The predicted molar refractivity (Wildman–Crippen MR) is 91.6 cm³/mol. The number of aliphatic hydroxyl groups excluding tert-OH is 1. The summed E-state index contributed by atoms with van der Waals surface area (Å²) in [6.45, 7) is 2.50. The highest BCUT2D eigenvalue weighted by Gasteiger charge is 2.25. The number of urea groups is 1. The van der Waals surface area contributed by atoms with Gasteiger partial charge in [0.1, 0.15) is 0 Å². The van der Waals surface area contributed by atoms with Gasteiger partial charge in [-0.05, 0) is 43.7 Å². The molecular formula is C18H27N3O2. The van der Waals surface area contributed by atoms with Crippen LogP contribution in [0, 0.1) is 5.92 Å². The van der Waals surface area contributed by atoms with Gasteiger partial charge in [-0.1, -0.05) is 24.6 Å². The third-order valence-corrected chi connectivity index (χ3v) is 4.95. The molecule has 5 nitrogen and oxygen atoms in total. The molecule has 1 aromatic rings. The number of nitrogens with zero attached hydrogens (tertiary/aromatic N) is 1. The molecular weight excluding hydrogens is 290 g/mol. The van der Waals surface area contributed by atoms with Gasteiger partial charge in [0.2, 0.25) is 0 Å². The zero-order chi connectivity index (χ0) is 16.1. The number of para-hydroxylation sites is 1. The molecule has 2 amide bonds. The lowest BCUT2D eigenvalue weighted by Gasteiger charge is -2.26. The van der Waals surface area contributed by atoms with Gasteiger partial charge in [-0.15, -0.1) is 0 Å². The number of hydrogen-bond acceptors (Lipinski definition) is 3. The van der Waals surface area contributed by atoms with E-state index < -0.39 is 0 Å². The van der Waals surface area contributed by atoms with Crippen LogP contribution in [0.25, 0.3) is 0 Å². The summed E-state index contributed by atoms with van der Waals surface area (Å²) in [5.41, 5.74) is 1.22. The number of hydrogen-bond donors (Lipinski definition) is 3. The summed E-state index contributed by atoms with van der Waals surface area (Å²) in [6.07, 6.45) is 4.66. The monoisotopic (exact) mass is 317 g/mol. The lowest BCUT2D eigenvalue weighted by Crippen LogP contribution is -2.45. The molecule has 1 heterocycles. The van der Waals surface area contributed by atoms with Crippen molar-refractivity contribution in [2.24, 2.45) is 5.92 Å². The van der Waals surface area contributed by atoms with Gasteiger partial charge in [-0.3, -0.25) is 0 Å². The minimum Gasteiger partial charge on any atom is -0.393 e. The van der Waals surface area contributed by atoms with Crippen molar-refractivity contribution in [3.63, 3.8) is 0 Å². The fourth-order valence-corrected chi connectivity index (χ4v) is 3.67. The number of amides is 2. The first-order valence-electron chi connectivity index (χ1n) is 8.73. The number of carbonyl (C=O) groups excluding carboxylic acids is 1. The minimum atomic E-state index is -0.187. The molecule has 0 radical (unpaired) electrons. The topological polar surface area (TPSA) is 64.6 Å². The maximum atomic E-state index is 12.1. The van der Waals surface area contributed by atoms with Crippen molar-refractivity contribution >= 4 is 11.7 Å². The Labute approximate surface area is 138 Å². The smallest absolute Gasteiger partial charge is 0.315 e. The number of benzene rings is 1. The first-order chi connectivity index (χ1) is 11.2. The largest absolute Gasteiger partial charge is 0.393 e. The molecule has 126 valence electrons. The van der Waals surface area contributed by atoms with E-state index in [0.717, 1.165) is 45.2 Å². The first-order valence-corrected chi connectivity index (χ1v) is 8.73. The molecule has 3 unspecified atom stereocenters. The van der Waals surface area contributed by atoms with Gasteiger partial charge >= 0.3 is 6.03 Å². The Hall–Kier alpha value is -1.75. The lowest BCUT2D eigenvalue weighted by atomic mass is 9.87. The maximum Gasteiger partial charge on any atom is 0.315 e. The van der Waals surface area contributed by atoms with Crippen LogP contribution < -0.4 is 15.5 Å². The van der Waals surface area contributed by atoms with Crippen LogP contribution in [0.3, 0.4) is 0 Å². The van der Waals surface area contributed by atoms with Gasteiger partial charge < -0.3 is 20.6 Å². The summed E-state index contributed by atoms with van der Waals surface area (Å²) in [5.74, 6) is 0.411. The van der Waals surface area contributed by atoms with Crippen molar-refractivity contribution in [1.82, 2.24) is 10.6 Å². The van der Waals surface area contributed by atoms with Crippen molar-refractivity contribution in [3.8, 4) is 0 Å². The van der Waals surface area contributed by atoms with E-state index in [2.05, 4.69) is 27.7 Å². The van der Waals surface area contributed by atoms with Crippen LogP contribution in [-0.2, 0) is 0 Å². The Bertz CT molecular complexity index is 508. The lowest BCUT2D eigenvalue weighted by molar-refractivity contribution is 0.101. The number of rotatable bonds is 4. The van der Waals surface area contributed by atoms with Crippen LogP contribution in [0.5, 0.6) is 0 Å². The SMILES string of the molecule is O=C(NCC1CCCC(O)C1)NC1CCN(c2ccccc2)C1. The highest BCUT2D eigenvalue weighted by atomic mass is 16.3. The number of nitrogens with one attached hydrogen (secondary N) is 2. The molecule has 1 saturated heterocycles. The van der Waals surface area contributed by atoms with E-state index in [0.29, 0.717) is 12.5 Å². The molecule has 1 saturated carbocycles. The molecule has 0 spiro atoms. The normalized spacial score (nSPS) is 27.7. The van der Waals surface area contributed by atoms with Crippen LogP contribution in [-0.4, -0.2) is 42.9 Å². The summed E-state index contributed by atoms with van der Waals surface area (Å²) >= 11 is 0. The highest BCUT2D eigenvalue weighted by Crippen LogP contribution is 2.23. The molecule has 1 aromatic carbocycles. The summed E-state index contributed by atoms with van der Waals surface area (Å²) in [5, 5.41) is 15.7. The fourth-order valence-electron chi connectivity index (χ4n) is 3.67. The van der Waals surface area contributed by atoms with E-state index >= 15 is 0 Å². The molecule has 5 heteroatoms. The third kappa shape index (κ3) is 4.61. The second kappa shape index (κ2) is 7.68. The Morgan fingerprint density at radius 3 is 2.83 bits per heavy atom. The zero-order valence-electron chi connectivity index (χ0n) is 13.6. The number of carbonyl (C=O) groups is 1. The summed E-state index contributed by atoms with van der Waals surface area (Å²) in [4.78, 5) is 14.4. The standard InChI is InChI=1S/C18H27N3O2/c22-17-8-4-5-14(11-17)12-19-18(23)20-15-9-10-21(13-15)16-6-2-1-3-7-16/h1-3,6-7,14-15,17,22H,4-5,8-13H2,(H2,19,20,23). The molecule has 2 aliphatic rings. The second-order valence-corrected chi connectivity index (χ2v) is 6.81. The zero-order valence-corrected chi connectivity index (χ0v) is 13.6. The molecule has 3 rings (SSSR count). The second-order valence-electron chi connectivity index (χ2n) is 6.81. The van der Waals surface area contributed by atoms with Crippen LogP contribution in [0.1, 0.15) is 32.1 Å². The molecule has 3 atom stereocenters. The van der Waals surface area contributed by atoms with Crippen molar-refractivity contribution < 1.29 is 9.90 Å². The van der Waals surface area contributed by atoms with Gasteiger partial charge in [-0.2, -0.15) is 0 Å². The van der Waals surface area contributed by atoms with Gasteiger partial charge in [-0.25, -0.2) is 4.79 Å². The van der Waals surface area contributed by atoms with Crippen LogP contribution in [0.15, 0.2) is 30.3 Å². The summed E-state index contributed by atoms with van der Waals surface area (Å²) in [7, 11) is 0. The highest BCUT2D eigenvalue weighted by molar-refractivity contribution is 5.74. The van der Waals surface area contributed by atoms with Crippen molar-refractivity contribution in [2.75, 3.05) is 24.5 Å². The molecule has 23 heavy (non-hydrogen) atoms. The summed E-state index contributed by atoms with van der Waals surface area (Å²) in [6, 6.07) is 10.4. The van der Waals surface area contributed by atoms with Gasteiger partial charge in [0.15, 0.2) is 0 Å². The molecule has 0 bridgehead atoms. The Morgan fingerprint density at radius 1 is 1.22 bits per heavy atom. The maximum absolute atomic E-state index is 12.1. The van der Waals surface area contributed by atoms with Crippen LogP contribution in [0.2, 0.25) is 0 Å². The molecule has 3 N–H and O–H groups in total. The summed E-state index contributed by atoms with van der Waals surface area (Å²) < 4.78 is 0. The van der Waals surface area contributed by atoms with E-state index in [4.69, 9.17) is 0 Å². The van der Waals surface area contributed by atoms with E-state index in [-0.39, 0.29) is 18.2 Å². The van der Waals surface area contributed by atoms with E-state index in [1.54, 1.807) is 0 Å². The third-order valence-electron chi connectivity index (χ3n) is 4.95. The van der Waals surface area contributed by atoms with Crippen LogP contribution >= 0.6 is 0 Å². The first kappa shape index (κ1) is 16.1. The quantitative estimate of drug-likeness (QED) is 0.797. The van der Waals surface area contributed by atoms with Crippen molar-refractivity contribution in [2.45, 2.75) is 44.2 Å². The van der Waals surface area contributed by atoms with Gasteiger partial charge in [0.05, 0.1) is 6.10 Å². The van der Waals surface area contributed by atoms with E-state index in [1.807, 2.05) is 18.2 Å². The van der Waals surface area contributed by atoms with Gasteiger partial charge in [0.25, 0.3) is 0 Å². The Morgan fingerprint density at radius 2 is 2.04 bits per heavy atom. The predicted octanol–water partition coefficient (Wildman–Crippen LogP) is 2.12. The van der Waals surface area contributed by atoms with Crippen molar-refractivity contribution in [3.05, 3.63) is 30.3 Å². The average Bonchev–Trinajstić information content (AvgIpc) is 3.02. The number of aliphatic hydroxyl groups is 1. The van der Waals surface area contributed by atoms with E-state index in [9.17, 15) is 9.90 Å². The molecule has 0 aromatic heterocycles. The molecule has 1 aliphatic heterocycles. The molecule has 1 aliphatic carbocycles. The average molecular weight is 317 g/mol. The van der Waals surface area contributed by atoms with Crippen molar-refractivity contribution in [1.29, 1.82) is 0 Å². The van der Waals surface area contributed by atoms with Crippen LogP contribution in [0.4, 0.5) is 10.5 Å².